The topological polar surface area (TPSA) is 91.7 Å². The van der Waals surface area contributed by atoms with Crippen molar-refractivity contribution in [3.05, 3.63) is 12.2 Å². The number of fused-ring (bicyclic) bond motifs is 1. The van der Waals surface area contributed by atoms with Crippen LogP contribution in [0.2, 0.25) is 0 Å². The maximum Gasteiger partial charge on any atom is 0.230 e. The van der Waals surface area contributed by atoms with Crippen molar-refractivity contribution in [1.29, 1.82) is 0 Å². The highest BCUT2D eigenvalue weighted by Crippen LogP contribution is 2.32. The summed E-state index contributed by atoms with van der Waals surface area (Å²) in [5, 5.41) is 18.6. The van der Waals surface area contributed by atoms with Gasteiger partial charge in [-0.05, 0) is 6.08 Å². The minimum Gasteiger partial charge on any atom is -0.389 e. The van der Waals surface area contributed by atoms with Crippen LogP contribution in [0.5, 0.6) is 0 Å². The molecule has 2 N–H and O–H groups in total. The van der Waals surface area contributed by atoms with Gasteiger partial charge in [-0.3, -0.25) is 14.4 Å². The molecule has 0 bridgehead atoms. The minimum atomic E-state index is -1.70. The van der Waals surface area contributed by atoms with Gasteiger partial charge in [-0.25, -0.2) is 0 Å². The maximum atomic E-state index is 11.3. The normalized spacial score (nSPS) is 41.7. The molecule has 0 heterocycles. The fourth-order valence-corrected chi connectivity index (χ4v) is 1.89. The van der Waals surface area contributed by atoms with E-state index in [1.54, 1.807) is 0 Å². The number of Topliss-reactive ketones (excluding diaryl/α,β-unsaturated/α-hetero) is 2. The number of allylic oxidation sites excluding steroid dienone is 1. The average Bonchev–Trinajstić information content (AvgIpc) is 2.54. The molecule has 74 valence electrons. The van der Waals surface area contributed by atoms with Crippen LogP contribution in [0.1, 0.15) is 0 Å². The molecule has 2 aliphatic rings. The van der Waals surface area contributed by atoms with Crippen LogP contribution in [0.4, 0.5) is 0 Å². The molecule has 5 nitrogen and oxygen atoms in total. The summed E-state index contributed by atoms with van der Waals surface area (Å²) in [5.74, 6) is -4.30. The summed E-state index contributed by atoms with van der Waals surface area (Å²) in [6, 6.07) is 0. The Morgan fingerprint density at radius 1 is 1.07 bits per heavy atom. The summed E-state index contributed by atoms with van der Waals surface area (Å²) >= 11 is 0. The van der Waals surface area contributed by atoms with E-state index < -0.39 is 41.4 Å². The quantitative estimate of drug-likeness (QED) is 0.353. The smallest absolute Gasteiger partial charge is 0.230 e. The summed E-state index contributed by atoms with van der Waals surface area (Å²) in [6.45, 7) is 0. The van der Waals surface area contributed by atoms with Crippen LogP contribution in [-0.2, 0) is 14.4 Å². The number of hydrogen-bond acceptors (Lipinski definition) is 5. The molecule has 4 atom stereocenters. The van der Waals surface area contributed by atoms with E-state index in [1.165, 1.54) is 12.2 Å². The Labute approximate surface area is 79.0 Å². The standard InChI is InChI=1S/C9H8O5/c10-4-2-1-3-5(4)7(12)9(14)8(13)6(3)11/h1-3,5-6,8,11,13H. The van der Waals surface area contributed by atoms with Crippen molar-refractivity contribution in [2.24, 2.45) is 11.8 Å². The van der Waals surface area contributed by atoms with E-state index in [-0.39, 0.29) is 0 Å². The second kappa shape index (κ2) is 2.83. The summed E-state index contributed by atoms with van der Waals surface area (Å²) in [4.78, 5) is 33.5. The third-order valence-electron chi connectivity index (χ3n) is 2.69. The zero-order chi connectivity index (χ0) is 10.5. The van der Waals surface area contributed by atoms with Gasteiger partial charge in [0.1, 0.15) is 6.10 Å². The van der Waals surface area contributed by atoms with Gasteiger partial charge in [0.2, 0.25) is 11.6 Å². The van der Waals surface area contributed by atoms with Gasteiger partial charge in [-0.1, -0.05) is 6.08 Å². The first-order chi connectivity index (χ1) is 6.54. The number of hydrogen-bond donors (Lipinski definition) is 2. The highest BCUT2D eigenvalue weighted by atomic mass is 16.3. The first kappa shape index (κ1) is 9.23. The van der Waals surface area contributed by atoms with Crippen LogP contribution in [0, 0.1) is 11.8 Å². The van der Waals surface area contributed by atoms with Crippen LogP contribution in [0.3, 0.4) is 0 Å². The number of aliphatic hydroxyl groups is 2. The molecule has 0 aliphatic heterocycles. The van der Waals surface area contributed by atoms with Gasteiger partial charge in [-0.15, -0.1) is 0 Å². The summed E-state index contributed by atoms with van der Waals surface area (Å²) in [6.07, 6.45) is -0.514. The Kier molecular flexibility index (Phi) is 1.87. The van der Waals surface area contributed by atoms with Crippen molar-refractivity contribution in [2.75, 3.05) is 0 Å². The molecule has 0 saturated heterocycles. The van der Waals surface area contributed by atoms with E-state index in [1.807, 2.05) is 0 Å². The predicted octanol–water partition coefficient (Wildman–Crippen LogP) is -1.77. The van der Waals surface area contributed by atoms with Crippen LogP contribution in [0.15, 0.2) is 12.2 Å². The molecule has 0 radical (unpaired) electrons. The molecule has 1 saturated carbocycles. The molecule has 0 amide bonds. The van der Waals surface area contributed by atoms with E-state index in [0.717, 1.165) is 0 Å². The average molecular weight is 196 g/mol. The molecule has 0 spiro atoms. The molecule has 2 rings (SSSR count). The Bertz CT molecular complexity index is 356. The van der Waals surface area contributed by atoms with Crippen molar-refractivity contribution < 1.29 is 24.6 Å². The molecular weight excluding hydrogens is 188 g/mol. The molecule has 4 unspecified atom stereocenters. The van der Waals surface area contributed by atoms with Crippen molar-refractivity contribution in [3.63, 3.8) is 0 Å². The lowest BCUT2D eigenvalue weighted by atomic mass is 9.76. The maximum absolute atomic E-state index is 11.3. The van der Waals surface area contributed by atoms with E-state index in [9.17, 15) is 24.6 Å². The highest BCUT2D eigenvalue weighted by Gasteiger charge is 2.51. The lowest BCUT2D eigenvalue weighted by Crippen LogP contribution is -2.53. The number of carbonyl (C=O) groups is 3. The zero-order valence-electron chi connectivity index (χ0n) is 7.08. The molecule has 0 aromatic rings. The second-order valence-electron chi connectivity index (χ2n) is 3.48. The van der Waals surface area contributed by atoms with Gasteiger partial charge in [0.05, 0.1) is 12.0 Å². The fraction of sp³-hybridized carbons (Fsp3) is 0.444. The van der Waals surface area contributed by atoms with Crippen molar-refractivity contribution in [2.45, 2.75) is 12.2 Å². The van der Waals surface area contributed by atoms with Crippen LogP contribution in [0.25, 0.3) is 0 Å². The van der Waals surface area contributed by atoms with E-state index >= 15 is 0 Å². The first-order valence-corrected chi connectivity index (χ1v) is 4.20. The fourth-order valence-electron chi connectivity index (χ4n) is 1.89. The minimum absolute atomic E-state index is 0.473. The van der Waals surface area contributed by atoms with Crippen LogP contribution < -0.4 is 0 Å². The van der Waals surface area contributed by atoms with E-state index in [0.29, 0.717) is 0 Å². The summed E-state index contributed by atoms with van der Waals surface area (Å²) < 4.78 is 0. The second-order valence-corrected chi connectivity index (χ2v) is 3.48. The molecule has 1 fully saturated rings. The van der Waals surface area contributed by atoms with Crippen LogP contribution in [-0.4, -0.2) is 39.8 Å². The first-order valence-electron chi connectivity index (χ1n) is 4.20. The summed E-state index contributed by atoms with van der Waals surface area (Å²) in [5.41, 5.74) is 0. The number of aliphatic hydroxyl groups excluding tert-OH is 2. The van der Waals surface area contributed by atoms with Crippen molar-refractivity contribution in [3.8, 4) is 0 Å². The Morgan fingerprint density at radius 2 is 1.71 bits per heavy atom. The monoisotopic (exact) mass is 196 g/mol. The predicted molar refractivity (Wildman–Crippen MR) is 43.2 cm³/mol. The Balaban J connectivity index is 2.40. The number of ketones is 3. The van der Waals surface area contributed by atoms with Crippen molar-refractivity contribution in [1.82, 2.24) is 0 Å². The van der Waals surface area contributed by atoms with Crippen molar-refractivity contribution >= 4 is 17.3 Å². The molecule has 0 aromatic carbocycles. The summed E-state index contributed by atoms with van der Waals surface area (Å²) in [7, 11) is 0. The van der Waals surface area contributed by atoms with Gasteiger partial charge in [-0.2, -0.15) is 0 Å². The molecule has 2 aliphatic carbocycles. The van der Waals surface area contributed by atoms with Crippen LogP contribution >= 0.6 is 0 Å². The van der Waals surface area contributed by atoms with Gasteiger partial charge >= 0.3 is 0 Å². The Hall–Kier alpha value is -1.33. The zero-order valence-corrected chi connectivity index (χ0v) is 7.08. The molecule has 0 aromatic heterocycles. The lowest BCUT2D eigenvalue weighted by molar-refractivity contribution is -0.158. The van der Waals surface area contributed by atoms with Gasteiger partial charge < -0.3 is 10.2 Å². The van der Waals surface area contributed by atoms with E-state index in [4.69, 9.17) is 0 Å². The third-order valence-corrected chi connectivity index (χ3v) is 2.69. The third kappa shape index (κ3) is 0.995. The van der Waals surface area contributed by atoms with Gasteiger partial charge in [0.25, 0.3) is 0 Å². The highest BCUT2D eigenvalue weighted by molar-refractivity contribution is 6.44. The molecule has 14 heavy (non-hydrogen) atoms. The van der Waals surface area contributed by atoms with Gasteiger partial charge in [0.15, 0.2) is 5.78 Å². The number of carbonyl (C=O) groups excluding carboxylic acids is 3. The molecule has 5 heteroatoms. The SMILES string of the molecule is O=C1C(=O)C2C(=O)C=CC2C(O)C1O. The lowest BCUT2D eigenvalue weighted by Gasteiger charge is -2.30. The Morgan fingerprint density at radius 3 is 2.36 bits per heavy atom. The largest absolute Gasteiger partial charge is 0.389 e. The number of rotatable bonds is 0. The van der Waals surface area contributed by atoms with Gasteiger partial charge in [0, 0.05) is 5.92 Å². The van der Waals surface area contributed by atoms with E-state index in [2.05, 4.69) is 0 Å². The molecular formula is C9H8O5.